The lowest BCUT2D eigenvalue weighted by Gasteiger charge is -2.32. The van der Waals surface area contributed by atoms with E-state index >= 15 is 0 Å². The molecular weight excluding hydrogens is 370 g/mol. The maximum absolute atomic E-state index is 12.9. The average Bonchev–Trinajstić information content (AvgIpc) is 3.25. The lowest BCUT2D eigenvalue weighted by molar-refractivity contribution is 0.0687. The normalized spacial score (nSPS) is 14.8. The zero-order chi connectivity index (χ0) is 20.2. The maximum Gasteiger partial charge on any atom is 0.328 e. The van der Waals surface area contributed by atoms with Crippen LogP contribution in [-0.2, 0) is 13.0 Å². The largest absolute Gasteiger partial charge is 0.467 e. The summed E-state index contributed by atoms with van der Waals surface area (Å²) in [5, 5.41) is 0. The number of aromatic amines is 1. The third-order valence-electron chi connectivity index (χ3n) is 5.45. The number of benzene rings is 1. The minimum absolute atomic E-state index is 0.0125. The molecule has 3 heterocycles. The van der Waals surface area contributed by atoms with Crippen LogP contribution in [0.3, 0.4) is 0 Å². The molecule has 0 aliphatic carbocycles. The highest BCUT2D eigenvalue weighted by atomic mass is 16.3. The van der Waals surface area contributed by atoms with Crippen LogP contribution in [0.1, 0.15) is 34.5 Å². The summed E-state index contributed by atoms with van der Waals surface area (Å²) in [6.45, 7) is 1.20. The molecule has 4 rings (SSSR count). The molecule has 1 fully saturated rings. The van der Waals surface area contributed by atoms with Crippen LogP contribution in [0.5, 0.6) is 0 Å². The van der Waals surface area contributed by atoms with Gasteiger partial charge in [-0.2, -0.15) is 0 Å². The van der Waals surface area contributed by atoms with Crippen molar-refractivity contribution in [2.75, 3.05) is 13.1 Å². The second kappa shape index (κ2) is 8.34. The summed E-state index contributed by atoms with van der Waals surface area (Å²) in [4.78, 5) is 42.0. The first-order chi connectivity index (χ1) is 14.1. The molecule has 0 unspecified atom stereocenters. The molecule has 2 aromatic heterocycles. The molecule has 1 amide bonds. The van der Waals surface area contributed by atoms with Crippen molar-refractivity contribution in [1.29, 1.82) is 0 Å². The van der Waals surface area contributed by atoms with Crippen LogP contribution in [0.4, 0.5) is 0 Å². The number of likely N-dealkylation sites (tertiary alicyclic amines) is 1. The molecule has 0 atom stereocenters. The highest BCUT2D eigenvalue weighted by Crippen LogP contribution is 2.22. The molecule has 7 nitrogen and oxygen atoms in total. The fourth-order valence-electron chi connectivity index (χ4n) is 3.82. The molecule has 0 radical (unpaired) electrons. The maximum atomic E-state index is 12.9. The number of H-pyrrole nitrogens is 1. The van der Waals surface area contributed by atoms with E-state index in [4.69, 9.17) is 4.42 Å². The molecular formula is C22H23N3O4. The van der Waals surface area contributed by atoms with Gasteiger partial charge in [0.25, 0.3) is 11.5 Å². The van der Waals surface area contributed by atoms with Gasteiger partial charge in [-0.25, -0.2) is 4.79 Å². The van der Waals surface area contributed by atoms with Crippen molar-refractivity contribution < 1.29 is 9.21 Å². The van der Waals surface area contributed by atoms with Crippen molar-refractivity contribution in [2.24, 2.45) is 5.92 Å². The van der Waals surface area contributed by atoms with Crippen LogP contribution in [0.15, 0.2) is 68.9 Å². The van der Waals surface area contributed by atoms with Crippen molar-refractivity contribution in [3.63, 3.8) is 0 Å². The van der Waals surface area contributed by atoms with Crippen molar-refractivity contribution in [3.8, 4) is 0 Å². The van der Waals surface area contributed by atoms with E-state index in [-0.39, 0.29) is 18.0 Å². The second-order valence-electron chi connectivity index (χ2n) is 7.40. The summed E-state index contributed by atoms with van der Waals surface area (Å²) >= 11 is 0. The highest BCUT2D eigenvalue weighted by molar-refractivity contribution is 5.93. The Morgan fingerprint density at radius 2 is 1.83 bits per heavy atom. The average molecular weight is 393 g/mol. The van der Waals surface area contributed by atoms with Crippen LogP contribution in [0.25, 0.3) is 0 Å². The standard InChI is InChI=1S/C22H23N3O4/c26-20(24-10-8-17(9-11-24)13-16-5-2-1-3-6-16)19-14-23-22(28)25(21(19)27)15-18-7-4-12-29-18/h1-7,12,14,17H,8-11,13,15H2,(H,23,28). The smallest absolute Gasteiger partial charge is 0.328 e. The first kappa shape index (κ1) is 19.0. The van der Waals surface area contributed by atoms with Gasteiger partial charge in [0.2, 0.25) is 0 Å². The topological polar surface area (TPSA) is 88.3 Å². The van der Waals surface area contributed by atoms with Crippen molar-refractivity contribution >= 4 is 5.91 Å². The number of nitrogens with one attached hydrogen (secondary N) is 1. The van der Waals surface area contributed by atoms with Crippen LogP contribution < -0.4 is 11.2 Å². The second-order valence-corrected chi connectivity index (χ2v) is 7.40. The Hall–Kier alpha value is -3.35. The predicted molar refractivity (Wildman–Crippen MR) is 108 cm³/mol. The van der Waals surface area contributed by atoms with E-state index in [1.165, 1.54) is 18.0 Å². The van der Waals surface area contributed by atoms with Gasteiger partial charge >= 0.3 is 5.69 Å². The molecule has 3 aromatic rings. The molecule has 0 saturated carbocycles. The number of amides is 1. The first-order valence-corrected chi connectivity index (χ1v) is 9.80. The third-order valence-corrected chi connectivity index (χ3v) is 5.45. The number of aromatic nitrogens is 2. The molecule has 150 valence electrons. The molecule has 1 saturated heterocycles. The van der Waals surface area contributed by atoms with E-state index in [1.54, 1.807) is 17.0 Å². The minimum Gasteiger partial charge on any atom is -0.467 e. The molecule has 1 aromatic carbocycles. The van der Waals surface area contributed by atoms with Gasteiger partial charge in [-0.05, 0) is 42.9 Å². The summed E-state index contributed by atoms with van der Waals surface area (Å²) in [5.41, 5.74) is 0.127. The van der Waals surface area contributed by atoms with Gasteiger partial charge in [-0.1, -0.05) is 30.3 Å². The van der Waals surface area contributed by atoms with Gasteiger partial charge in [0.15, 0.2) is 0 Å². The fourth-order valence-corrected chi connectivity index (χ4v) is 3.82. The van der Waals surface area contributed by atoms with E-state index in [2.05, 4.69) is 17.1 Å². The molecule has 0 spiro atoms. The number of carbonyl (C=O) groups is 1. The number of rotatable bonds is 5. The van der Waals surface area contributed by atoms with Gasteiger partial charge in [0.1, 0.15) is 11.3 Å². The number of hydrogen-bond donors (Lipinski definition) is 1. The molecule has 29 heavy (non-hydrogen) atoms. The summed E-state index contributed by atoms with van der Waals surface area (Å²) in [6.07, 6.45) is 5.48. The summed E-state index contributed by atoms with van der Waals surface area (Å²) < 4.78 is 6.21. The number of furan rings is 1. The van der Waals surface area contributed by atoms with Crippen LogP contribution >= 0.6 is 0 Å². The van der Waals surface area contributed by atoms with E-state index < -0.39 is 11.2 Å². The van der Waals surface area contributed by atoms with Gasteiger partial charge in [-0.15, -0.1) is 0 Å². The quantitative estimate of drug-likeness (QED) is 0.720. The van der Waals surface area contributed by atoms with E-state index in [0.717, 1.165) is 23.8 Å². The summed E-state index contributed by atoms with van der Waals surface area (Å²) in [7, 11) is 0. The summed E-state index contributed by atoms with van der Waals surface area (Å²) in [5.74, 6) is 0.661. The number of piperidine rings is 1. The van der Waals surface area contributed by atoms with Crippen molar-refractivity contribution in [1.82, 2.24) is 14.5 Å². The van der Waals surface area contributed by atoms with Gasteiger partial charge in [0.05, 0.1) is 12.8 Å². The first-order valence-electron chi connectivity index (χ1n) is 9.80. The SMILES string of the molecule is O=C(c1c[nH]c(=O)n(Cc2ccco2)c1=O)N1CCC(Cc2ccccc2)CC1. The Morgan fingerprint density at radius 1 is 1.07 bits per heavy atom. The van der Waals surface area contributed by atoms with Crippen LogP contribution in [0.2, 0.25) is 0 Å². The van der Waals surface area contributed by atoms with E-state index in [0.29, 0.717) is 24.8 Å². The van der Waals surface area contributed by atoms with E-state index in [9.17, 15) is 14.4 Å². The van der Waals surface area contributed by atoms with Crippen molar-refractivity contribution in [2.45, 2.75) is 25.8 Å². The third kappa shape index (κ3) is 4.23. The number of hydrogen-bond acceptors (Lipinski definition) is 4. The molecule has 0 bridgehead atoms. The molecule has 1 aliphatic heterocycles. The monoisotopic (exact) mass is 393 g/mol. The van der Waals surface area contributed by atoms with E-state index in [1.807, 2.05) is 18.2 Å². The Labute approximate surface area is 167 Å². The Kier molecular flexibility index (Phi) is 5.46. The lowest BCUT2D eigenvalue weighted by atomic mass is 9.90. The molecule has 7 heteroatoms. The fraction of sp³-hybridized carbons (Fsp3) is 0.318. The summed E-state index contributed by atoms with van der Waals surface area (Å²) in [6, 6.07) is 13.7. The highest BCUT2D eigenvalue weighted by Gasteiger charge is 2.26. The zero-order valence-electron chi connectivity index (χ0n) is 16.0. The van der Waals surface area contributed by atoms with Gasteiger partial charge in [0, 0.05) is 19.3 Å². The molecule has 1 N–H and O–H groups in total. The minimum atomic E-state index is -0.596. The number of carbonyl (C=O) groups excluding carboxylic acids is 1. The van der Waals surface area contributed by atoms with Gasteiger partial charge < -0.3 is 14.3 Å². The van der Waals surface area contributed by atoms with Gasteiger partial charge in [-0.3, -0.25) is 14.2 Å². The Balaban J connectivity index is 1.45. The number of nitrogens with zero attached hydrogens (tertiary/aromatic N) is 2. The Morgan fingerprint density at radius 3 is 2.52 bits per heavy atom. The lowest BCUT2D eigenvalue weighted by Crippen LogP contribution is -2.44. The van der Waals surface area contributed by atoms with Crippen molar-refractivity contribution in [3.05, 3.63) is 92.6 Å². The van der Waals surface area contributed by atoms with Crippen LogP contribution in [0, 0.1) is 5.92 Å². The zero-order valence-corrected chi connectivity index (χ0v) is 16.0. The molecule has 1 aliphatic rings. The predicted octanol–water partition coefficient (Wildman–Crippen LogP) is 2.27. The van der Waals surface area contributed by atoms with Crippen LogP contribution in [-0.4, -0.2) is 33.4 Å². The Bertz CT molecular complexity index is 1080.